The Morgan fingerprint density at radius 1 is 1.14 bits per heavy atom. The van der Waals surface area contributed by atoms with Crippen LogP contribution < -0.4 is 10.2 Å². The molecule has 2 aliphatic rings. The molecule has 224 valence electrons. The second-order valence-corrected chi connectivity index (χ2v) is 12.1. The molecule has 2 unspecified atom stereocenters. The molecule has 1 aromatic carbocycles. The summed E-state index contributed by atoms with van der Waals surface area (Å²) in [5.74, 6) is -2.48. The number of nitrogens with zero attached hydrogens (tertiary/aromatic N) is 4. The molecule has 2 saturated heterocycles. The van der Waals surface area contributed by atoms with Crippen LogP contribution in [0.2, 0.25) is 0 Å². The zero-order chi connectivity index (χ0) is 30.4. The van der Waals surface area contributed by atoms with Crippen molar-refractivity contribution in [2.45, 2.75) is 76.6 Å². The van der Waals surface area contributed by atoms with Gasteiger partial charge in [-0.25, -0.2) is 22.9 Å². The van der Waals surface area contributed by atoms with Gasteiger partial charge in [-0.15, -0.1) is 0 Å². The number of carbonyl (C=O) groups excluding carboxylic acids is 2. The van der Waals surface area contributed by atoms with Gasteiger partial charge in [0.15, 0.2) is 0 Å². The van der Waals surface area contributed by atoms with Crippen LogP contribution in [0.1, 0.15) is 75.3 Å². The highest BCUT2D eigenvalue weighted by Gasteiger charge is 2.47. The van der Waals surface area contributed by atoms with Crippen molar-refractivity contribution in [3.63, 3.8) is 0 Å². The van der Waals surface area contributed by atoms with E-state index in [1.807, 2.05) is 17.0 Å². The minimum atomic E-state index is -1.58. The number of hydrogen-bond acceptors (Lipinski definition) is 6. The van der Waals surface area contributed by atoms with E-state index in [9.17, 15) is 28.3 Å². The molecule has 3 aromatic rings. The van der Waals surface area contributed by atoms with Crippen molar-refractivity contribution in [3.8, 4) is 0 Å². The second kappa shape index (κ2) is 10.9. The fourth-order valence-corrected chi connectivity index (χ4v) is 6.05. The molecule has 2 aromatic heterocycles. The quantitative estimate of drug-likeness (QED) is 0.438. The molecule has 42 heavy (non-hydrogen) atoms. The second-order valence-electron chi connectivity index (χ2n) is 12.1. The molecule has 3 atom stereocenters. The molecular formula is C30H35F2N5O5. The van der Waals surface area contributed by atoms with Crippen molar-refractivity contribution in [1.29, 1.82) is 0 Å². The number of benzene rings is 1. The van der Waals surface area contributed by atoms with E-state index in [-0.39, 0.29) is 31.3 Å². The van der Waals surface area contributed by atoms with Crippen LogP contribution in [0.25, 0.3) is 5.52 Å². The van der Waals surface area contributed by atoms with Crippen LogP contribution in [0.3, 0.4) is 0 Å². The molecule has 2 aliphatic heterocycles. The highest BCUT2D eigenvalue weighted by atomic mass is 19.1. The Morgan fingerprint density at radius 2 is 1.90 bits per heavy atom. The van der Waals surface area contributed by atoms with Gasteiger partial charge in [-0.3, -0.25) is 4.79 Å². The number of halogens is 2. The molecule has 12 heteroatoms. The standard InChI is InChI=1S/C30H35F2N5O5/c1-18-16-30(27(39)40,34-28(41)42-29(2,3)4)10-13-35(18)26(38)22-17-33-37-12-9-20(15-25(22)37)36-11-5-6-24(36)21-14-19(31)7-8-23(21)32/h7-9,12,14-15,17-18,24H,5-6,10-11,13,16H2,1-4H3,(H,34,41)(H,39,40)/t18-,24?,30?/m1/s1. The number of fused-ring (bicyclic) bond motifs is 1. The van der Waals surface area contributed by atoms with Crippen LogP contribution in [0.15, 0.2) is 42.7 Å². The number of nitrogens with one attached hydrogen (secondary N) is 1. The highest BCUT2D eigenvalue weighted by molar-refractivity contribution is 6.01. The number of anilines is 1. The Balaban J connectivity index is 1.38. The summed E-state index contributed by atoms with van der Waals surface area (Å²) in [5, 5.41) is 16.9. The number of amides is 2. The minimum Gasteiger partial charge on any atom is -0.480 e. The number of alkyl carbamates (subject to hydrolysis) is 1. The van der Waals surface area contributed by atoms with Gasteiger partial charge in [-0.1, -0.05) is 0 Å². The van der Waals surface area contributed by atoms with Crippen LogP contribution >= 0.6 is 0 Å². The van der Waals surface area contributed by atoms with E-state index in [2.05, 4.69) is 10.4 Å². The van der Waals surface area contributed by atoms with Crippen LogP contribution in [0.4, 0.5) is 19.3 Å². The topological polar surface area (TPSA) is 116 Å². The summed E-state index contributed by atoms with van der Waals surface area (Å²) in [5.41, 5.74) is -0.461. The lowest BCUT2D eigenvalue weighted by atomic mass is 9.83. The Hall–Kier alpha value is -4.22. The molecule has 0 spiro atoms. The summed E-state index contributed by atoms with van der Waals surface area (Å²) in [6, 6.07) is 6.25. The molecule has 10 nitrogen and oxygen atoms in total. The summed E-state index contributed by atoms with van der Waals surface area (Å²) in [4.78, 5) is 42.1. The van der Waals surface area contributed by atoms with E-state index in [4.69, 9.17) is 4.74 Å². The molecule has 0 radical (unpaired) electrons. The van der Waals surface area contributed by atoms with E-state index < -0.39 is 40.9 Å². The summed E-state index contributed by atoms with van der Waals surface area (Å²) in [7, 11) is 0. The third kappa shape index (κ3) is 5.62. The number of carbonyl (C=O) groups is 3. The Kier molecular flexibility index (Phi) is 7.59. The number of hydrogen-bond donors (Lipinski definition) is 2. The van der Waals surface area contributed by atoms with Gasteiger partial charge in [0.2, 0.25) is 0 Å². The van der Waals surface area contributed by atoms with E-state index >= 15 is 0 Å². The number of pyridine rings is 1. The monoisotopic (exact) mass is 583 g/mol. The summed E-state index contributed by atoms with van der Waals surface area (Å²) < 4.78 is 35.5. The zero-order valence-electron chi connectivity index (χ0n) is 24.1. The van der Waals surface area contributed by atoms with Gasteiger partial charge in [0.25, 0.3) is 5.91 Å². The summed E-state index contributed by atoms with van der Waals surface area (Å²) in [6.45, 7) is 7.54. The maximum absolute atomic E-state index is 14.6. The van der Waals surface area contributed by atoms with Crippen molar-refractivity contribution in [2.24, 2.45) is 0 Å². The first-order chi connectivity index (χ1) is 19.8. The van der Waals surface area contributed by atoms with E-state index in [1.54, 1.807) is 43.3 Å². The number of carboxylic acid groups (broad SMARTS) is 1. The molecule has 5 rings (SSSR count). The first-order valence-corrected chi connectivity index (χ1v) is 14.0. The van der Waals surface area contributed by atoms with E-state index in [0.717, 1.165) is 24.2 Å². The lowest BCUT2D eigenvalue weighted by Crippen LogP contribution is -2.63. The lowest BCUT2D eigenvalue weighted by molar-refractivity contribution is -0.147. The smallest absolute Gasteiger partial charge is 0.408 e. The Morgan fingerprint density at radius 3 is 2.60 bits per heavy atom. The van der Waals surface area contributed by atoms with E-state index in [0.29, 0.717) is 29.6 Å². The summed E-state index contributed by atoms with van der Waals surface area (Å²) >= 11 is 0. The molecule has 0 bridgehead atoms. The molecule has 0 saturated carbocycles. The third-order valence-electron chi connectivity index (χ3n) is 8.00. The maximum atomic E-state index is 14.6. The summed E-state index contributed by atoms with van der Waals surface area (Å²) in [6.07, 6.45) is 3.81. The van der Waals surface area contributed by atoms with Gasteiger partial charge in [-0.2, -0.15) is 5.10 Å². The minimum absolute atomic E-state index is 0.00320. The number of rotatable bonds is 5. The van der Waals surface area contributed by atoms with Crippen molar-refractivity contribution in [2.75, 3.05) is 18.0 Å². The highest BCUT2D eigenvalue weighted by Crippen LogP contribution is 2.38. The van der Waals surface area contributed by atoms with Crippen molar-refractivity contribution in [3.05, 3.63) is 65.5 Å². The number of ether oxygens (including phenoxy) is 1. The molecule has 2 fully saturated rings. The van der Waals surface area contributed by atoms with Crippen LogP contribution in [-0.4, -0.2) is 67.9 Å². The van der Waals surface area contributed by atoms with Gasteiger partial charge in [0.05, 0.1) is 23.3 Å². The predicted octanol–water partition coefficient (Wildman–Crippen LogP) is 4.93. The van der Waals surface area contributed by atoms with Gasteiger partial charge in [0.1, 0.15) is 22.8 Å². The normalized spacial score (nSPS) is 22.8. The number of piperidine rings is 1. The lowest BCUT2D eigenvalue weighted by Gasteiger charge is -2.43. The number of aromatic nitrogens is 2. The average molecular weight is 584 g/mol. The molecule has 0 aliphatic carbocycles. The molecule has 2 amide bonds. The van der Waals surface area contributed by atoms with E-state index in [1.165, 1.54) is 12.3 Å². The van der Waals surface area contributed by atoms with Gasteiger partial charge < -0.3 is 25.0 Å². The predicted molar refractivity (Wildman–Crippen MR) is 150 cm³/mol. The van der Waals surface area contributed by atoms with Crippen molar-refractivity contribution >= 4 is 29.2 Å². The number of likely N-dealkylation sites (tertiary alicyclic amines) is 1. The van der Waals surface area contributed by atoms with Crippen LogP contribution in [0.5, 0.6) is 0 Å². The van der Waals surface area contributed by atoms with Gasteiger partial charge >= 0.3 is 12.1 Å². The molecule has 4 heterocycles. The van der Waals surface area contributed by atoms with Crippen LogP contribution in [-0.2, 0) is 9.53 Å². The largest absolute Gasteiger partial charge is 0.480 e. The fourth-order valence-electron chi connectivity index (χ4n) is 6.05. The van der Waals surface area contributed by atoms with Crippen molar-refractivity contribution < 1.29 is 33.0 Å². The molecular weight excluding hydrogens is 548 g/mol. The van der Waals surface area contributed by atoms with Gasteiger partial charge in [-0.05, 0) is 77.3 Å². The Bertz CT molecular complexity index is 1540. The fraction of sp³-hybridized carbons (Fsp3) is 0.467. The van der Waals surface area contributed by atoms with Gasteiger partial charge in [0, 0.05) is 43.0 Å². The SMILES string of the molecule is C[C@@H]1CC(NC(=O)OC(C)(C)C)(C(=O)O)CCN1C(=O)c1cnn2ccc(N3CCCC3c3cc(F)ccc3F)cc12. The Labute approximate surface area is 242 Å². The first kappa shape index (κ1) is 29.3. The average Bonchev–Trinajstić information content (AvgIpc) is 3.55. The van der Waals surface area contributed by atoms with Crippen LogP contribution in [0, 0.1) is 11.6 Å². The first-order valence-electron chi connectivity index (χ1n) is 14.0. The number of aliphatic carboxylic acids is 1. The molecule has 2 N–H and O–H groups in total. The maximum Gasteiger partial charge on any atom is 0.408 e. The number of carboxylic acids is 1. The zero-order valence-corrected chi connectivity index (χ0v) is 24.1. The van der Waals surface area contributed by atoms with Crippen molar-refractivity contribution in [1.82, 2.24) is 19.8 Å². The third-order valence-corrected chi connectivity index (χ3v) is 8.00.